The Morgan fingerprint density at radius 2 is 2.05 bits per heavy atom. The maximum Gasteiger partial charge on any atom is 0.362 e. The molecular weight excluding hydrogens is 516 g/mol. The molecule has 1 fully saturated rings. The Morgan fingerprint density at radius 3 is 2.76 bits per heavy atom. The number of aromatic amines is 2. The van der Waals surface area contributed by atoms with Crippen LogP contribution in [0.2, 0.25) is 0 Å². The third-order valence-electron chi connectivity index (χ3n) is 6.32. The minimum atomic E-state index is -1.09. The molecule has 192 valence electrons. The lowest BCUT2D eigenvalue weighted by molar-refractivity contribution is -0.132. The van der Waals surface area contributed by atoms with E-state index in [-0.39, 0.29) is 21.8 Å². The SMILES string of the molecule is COC(=O)/C(=N\O)c1[nH]c2ccccc2c1[C@H]1SC[C@H](O)[C@](c2ccc(O)c(OC)c2)(c2ncc[nH]2)S1. The second-order valence-electron chi connectivity index (χ2n) is 8.26. The number of carbonyl (C=O) groups is 1. The van der Waals surface area contributed by atoms with Crippen LogP contribution in [0.5, 0.6) is 11.5 Å². The highest BCUT2D eigenvalue weighted by Gasteiger charge is 2.51. The Morgan fingerprint density at radius 1 is 1.24 bits per heavy atom. The first-order valence-corrected chi connectivity index (χ1v) is 13.1. The van der Waals surface area contributed by atoms with Crippen molar-refractivity contribution in [2.45, 2.75) is 15.4 Å². The lowest BCUT2D eigenvalue weighted by atomic mass is 9.91. The van der Waals surface area contributed by atoms with Crippen LogP contribution in [0.3, 0.4) is 0 Å². The van der Waals surface area contributed by atoms with Crippen LogP contribution >= 0.6 is 23.5 Å². The van der Waals surface area contributed by atoms with Gasteiger partial charge in [0.15, 0.2) is 11.5 Å². The van der Waals surface area contributed by atoms with Crippen LogP contribution in [-0.2, 0) is 14.3 Å². The number of hydrogen-bond donors (Lipinski definition) is 5. The van der Waals surface area contributed by atoms with Crippen LogP contribution in [0.25, 0.3) is 10.9 Å². The summed E-state index contributed by atoms with van der Waals surface area (Å²) in [6.07, 6.45) is 2.42. The fourth-order valence-corrected chi connectivity index (χ4v) is 8.11. The molecule has 10 nitrogen and oxygen atoms in total. The highest BCUT2D eigenvalue weighted by Crippen LogP contribution is 2.61. The number of thioether (sulfide) groups is 2. The maximum absolute atomic E-state index is 12.5. The van der Waals surface area contributed by atoms with Crippen LogP contribution in [0.4, 0.5) is 0 Å². The first-order chi connectivity index (χ1) is 17.9. The molecule has 2 aromatic heterocycles. The number of oxime groups is 1. The molecule has 5 N–H and O–H groups in total. The van der Waals surface area contributed by atoms with Crippen LogP contribution in [0, 0.1) is 0 Å². The van der Waals surface area contributed by atoms with Crippen molar-refractivity contribution >= 4 is 46.1 Å². The van der Waals surface area contributed by atoms with Gasteiger partial charge in [-0.2, -0.15) is 0 Å². The summed E-state index contributed by atoms with van der Waals surface area (Å²) in [5, 5.41) is 35.6. The summed E-state index contributed by atoms with van der Waals surface area (Å²) >= 11 is 2.92. The molecule has 0 bridgehead atoms. The van der Waals surface area contributed by atoms with Crippen molar-refractivity contribution in [3.63, 3.8) is 0 Å². The third-order valence-corrected chi connectivity index (χ3v) is 9.59. The van der Waals surface area contributed by atoms with Gasteiger partial charge in [-0.25, -0.2) is 9.78 Å². The van der Waals surface area contributed by atoms with Gasteiger partial charge in [0.05, 0.1) is 30.6 Å². The standard InChI is InChI=1S/C25H24N4O6S2/c1-34-17-11-13(7-8-16(17)30)25(24-26-9-10-27-24)18(31)12-36-23(37-25)19-14-5-3-4-6-15(14)28-20(19)21(29-33)22(32)35-2/h3-11,18,23,28,30-31,33H,12H2,1-2H3,(H,26,27)/b29-21-/t18-,23-,25+/m0/s1. The molecule has 1 aliphatic rings. The van der Waals surface area contributed by atoms with Crippen molar-refractivity contribution in [3.8, 4) is 11.5 Å². The highest BCUT2D eigenvalue weighted by atomic mass is 32.2. The predicted octanol–water partition coefficient (Wildman–Crippen LogP) is 3.74. The number of para-hydroxylation sites is 1. The zero-order valence-corrected chi connectivity index (χ0v) is 21.5. The first kappa shape index (κ1) is 25.1. The number of phenolic OH excluding ortho intramolecular Hbond substituents is 1. The van der Waals surface area contributed by atoms with E-state index in [9.17, 15) is 20.2 Å². The Hall–Kier alpha value is -3.61. The number of imidazole rings is 1. The summed E-state index contributed by atoms with van der Waals surface area (Å²) < 4.78 is 8.79. The molecule has 0 spiro atoms. The zero-order valence-electron chi connectivity index (χ0n) is 19.8. The molecule has 0 unspecified atom stereocenters. The number of esters is 1. The summed E-state index contributed by atoms with van der Waals surface area (Å²) in [5.41, 5.74) is 2.21. The summed E-state index contributed by atoms with van der Waals surface area (Å²) in [5.74, 6) is 0.293. The number of aliphatic hydroxyl groups is 1. The van der Waals surface area contributed by atoms with Crippen molar-refractivity contribution in [1.29, 1.82) is 0 Å². The van der Waals surface area contributed by atoms with E-state index in [1.54, 1.807) is 24.5 Å². The van der Waals surface area contributed by atoms with E-state index in [0.717, 1.165) is 16.5 Å². The number of H-pyrrole nitrogens is 2. The molecular formula is C25H24N4O6S2. The van der Waals surface area contributed by atoms with Gasteiger partial charge in [-0.1, -0.05) is 29.4 Å². The predicted molar refractivity (Wildman–Crippen MR) is 141 cm³/mol. The Labute approximate surface area is 220 Å². The van der Waals surface area contributed by atoms with E-state index >= 15 is 0 Å². The van der Waals surface area contributed by atoms with Crippen LogP contribution in [0.15, 0.2) is 60.0 Å². The Balaban J connectivity index is 1.72. The number of ether oxygens (including phenoxy) is 2. The molecule has 2 aromatic carbocycles. The van der Waals surface area contributed by atoms with Gasteiger partial charge in [-0.3, -0.25) is 0 Å². The molecule has 0 radical (unpaired) electrons. The molecule has 12 heteroatoms. The maximum atomic E-state index is 12.5. The molecule has 5 rings (SSSR count). The lowest BCUT2D eigenvalue weighted by Gasteiger charge is -2.43. The van der Waals surface area contributed by atoms with Crippen molar-refractivity contribution in [3.05, 3.63) is 77.5 Å². The van der Waals surface area contributed by atoms with Crippen molar-refractivity contribution in [1.82, 2.24) is 15.0 Å². The van der Waals surface area contributed by atoms with E-state index in [1.165, 1.54) is 43.8 Å². The summed E-state index contributed by atoms with van der Waals surface area (Å²) in [6, 6.07) is 12.5. The number of benzene rings is 2. The number of aromatic nitrogens is 3. The Kier molecular flexibility index (Phi) is 6.80. The van der Waals surface area contributed by atoms with Gasteiger partial charge in [0, 0.05) is 34.6 Å². The number of phenols is 1. The van der Waals surface area contributed by atoms with Gasteiger partial charge in [0.25, 0.3) is 0 Å². The summed E-state index contributed by atoms with van der Waals surface area (Å²) in [6.45, 7) is 0. The number of nitrogens with one attached hydrogen (secondary N) is 2. The molecule has 0 aliphatic carbocycles. The topological polar surface area (TPSA) is 153 Å². The van der Waals surface area contributed by atoms with E-state index in [0.29, 0.717) is 22.8 Å². The van der Waals surface area contributed by atoms with Gasteiger partial charge in [-0.05, 0) is 23.8 Å². The number of hydrogen-bond acceptors (Lipinski definition) is 10. The molecule has 0 amide bonds. The average molecular weight is 541 g/mol. The largest absolute Gasteiger partial charge is 0.504 e. The number of nitrogens with zero attached hydrogens (tertiary/aromatic N) is 2. The highest BCUT2D eigenvalue weighted by molar-refractivity contribution is 8.17. The first-order valence-electron chi connectivity index (χ1n) is 11.2. The minimum absolute atomic E-state index is 0.0251. The van der Waals surface area contributed by atoms with Crippen LogP contribution in [0.1, 0.15) is 27.2 Å². The normalized spacial score (nSPS) is 22.2. The monoisotopic (exact) mass is 540 g/mol. The average Bonchev–Trinajstić information content (AvgIpc) is 3.59. The fourth-order valence-electron chi connectivity index (χ4n) is 4.59. The van der Waals surface area contributed by atoms with Crippen LogP contribution < -0.4 is 4.74 Å². The molecule has 4 aromatic rings. The van der Waals surface area contributed by atoms with Gasteiger partial charge < -0.3 is 34.9 Å². The van der Waals surface area contributed by atoms with Gasteiger partial charge >= 0.3 is 5.97 Å². The van der Waals surface area contributed by atoms with Crippen molar-refractivity contribution in [2.24, 2.45) is 5.16 Å². The van der Waals surface area contributed by atoms with Gasteiger partial charge in [-0.15, -0.1) is 23.5 Å². The molecule has 0 saturated carbocycles. The second-order valence-corrected chi connectivity index (χ2v) is 11.0. The molecule has 1 aliphatic heterocycles. The quantitative estimate of drug-likeness (QED) is 0.107. The number of fused-ring (bicyclic) bond motifs is 1. The zero-order chi connectivity index (χ0) is 26.2. The summed E-state index contributed by atoms with van der Waals surface area (Å²) in [4.78, 5) is 23.4. The van der Waals surface area contributed by atoms with E-state index in [2.05, 4.69) is 20.1 Å². The number of methoxy groups -OCH3 is 2. The van der Waals surface area contributed by atoms with E-state index in [4.69, 9.17) is 9.47 Å². The Bertz CT molecular complexity index is 1470. The second kappa shape index (κ2) is 10.0. The third kappa shape index (κ3) is 4.10. The van der Waals surface area contributed by atoms with Crippen molar-refractivity contribution < 1.29 is 29.7 Å². The number of aromatic hydroxyl groups is 1. The summed E-state index contributed by atoms with van der Waals surface area (Å²) in [7, 11) is 2.68. The smallest absolute Gasteiger partial charge is 0.362 e. The molecule has 37 heavy (non-hydrogen) atoms. The number of rotatable bonds is 6. The number of aliphatic hydroxyl groups excluding tert-OH is 1. The number of carbonyl (C=O) groups excluding carboxylic acids is 1. The fraction of sp³-hybridized carbons (Fsp3) is 0.240. The molecule has 1 saturated heterocycles. The van der Waals surface area contributed by atoms with Crippen molar-refractivity contribution in [2.75, 3.05) is 20.0 Å². The van der Waals surface area contributed by atoms with Gasteiger partial charge in [0.1, 0.15) is 10.6 Å². The molecule has 3 heterocycles. The van der Waals surface area contributed by atoms with E-state index in [1.807, 2.05) is 24.3 Å². The van der Waals surface area contributed by atoms with Crippen LogP contribution in [-0.4, -0.2) is 68.1 Å². The van der Waals surface area contributed by atoms with Gasteiger partial charge in [0.2, 0.25) is 5.71 Å². The minimum Gasteiger partial charge on any atom is -0.504 e. The van der Waals surface area contributed by atoms with E-state index < -0.39 is 16.8 Å². The molecule has 3 atom stereocenters. The lowest BCUT2D eigenvalue weighted by Crippen LogP contribution is -2.43.